The van der Waals surface area contributed by atoms with Crippen molar-refractivity contribution in [3.63, 3.8) is 0 Å². The number of Topliss-reactive ketones (excluding diaryl/α,β-unsaturated/α-hetero) is 3. The van der Waals surface area contributed by atoms with Gasteiger partial charge in [-0.15, -0.1) is 0 Å². The lowest BCUT2D eigenvalue weighted by Crippen LogP contribution is -2.42. The summed E-state index contributed by atoms with van der Waals surface area (Å²) in [5, 5.41) is 10.4. The van der Waals surface area contributed by atoms with E-state index in [0.717, 1.165) is 0 Å². The van der Waals surface area contributed by atoms with Gasteiger partial charge in [-0.05, 0) is 52.9 Å². The van der Waals surface area contributed by atoms with Gasteiger partial charge >= 0.3 is 0 Å². The normalized spacial score (nSPS) is 13.1. The smallest absolute Gasteiger partial charge is 0.220 e. The summed E-state index contributed by atoms with van der Waals surface area (Å²) in [7, 11) is 0. The van der Waals surface area contributed by atoms with Crippen molar-refractivity contribution in [2.45, 2.75) is 97.7 Å². The SMILES string of the molecule is CC(=O)NC(CCC(=O)NCCCCC(NC(=O)CCC(NC(C)=O)C(C)=O)C(C)=O)C(C)=O. The molecule has 0 aromatic heterocycles. The molecule has 11 heteroatoms. The highest BCUT2D eigenvalue weighted by Gasteiger charge is 2.20. The van der Waals surface area contributed by atoms with Crippen molar-refractivity contribution in [3.8, 4) is 0 Å². The van der Waals surface area contributed by atoms with E-state index >= 15 is 0 Å². The molecule has 0 rings (SSSR count). The van der Waals surface area contributed by atoms with Crippen LogP contribution in [0, 0.1) is 0 Å². The molecule has 0 aromatic rings. The molecule has 0 aliphatic carbocycles. The minimum absolute atomic E-state index is 0.00982. The molecule has 0 aliphatic heterocycles. The average Bonchev–Trinajstić information content (AvgIpc) is 2.71. The van der Waals surface area contributed by atoms with E-state index in [1.165, 1.54) is 34.6 Å². The second-order valence-electron chi connectivity index (χ2n) is 8.38. The number of nitrogens with one attached hydrogen (secondary N) is 4. The Labute approximate surface area is 200 Å². The third-order valence-electron chi connectivity index (χ3n) is 5.12. The van der Waals surface area contributed by atoms with Crippen LogP contribution in [0.2, 0.25) is 0 Å². The first-order valence-electron chi connectivity index (χ1n) is 11.4. The van der Waals surface area contributed by atoms with Crippen molar-refractivity contribution in [2.24, 2.45) is 0 Å². The predicted octanol–water partition coefficient (Wildman–Crippen LogP) is 0.0945. The Bertz CT molecular complexity index is 766. The van der Waals surface area contributed by atoms with E-state index in [2.05, 4.69) is 21.3 Å². The standard InChI is InChI=1S/C23H38N4O7/c1-14(28)19(27-23(34)12-10-21(16(3)30)26-18(5)32)8-6-7-13-24-22(33)11-9-20(15(2)29)25-17(4)31/h19-21H,6-13H2,1-5H3,(H,24,33)(H,25,31)(H,26,32)(H,27,34). The molecule has 0 bridgehead atoms. The summed E-state index contributed by atoms with van der Waals surface area (Å²) in [6.45, 7) is 7.04. The van der Waals surface area contributed by atoms with Gasteiger partial charge in [0.05, 0.1) is 18.1 Å². The van der Waals surface area contributed by atoms with Crippen molar-refractivity contribution < 1.29 is 33.6 Å². The van der Waals surface area contributed by atoms with Crippen LogP contribution in [0.4, 0.5) is 0 Å². The molecule has 0 aliphatic rings. The van der Waals surface area contributed by atoms with Gasteiger partial charge < -0.3 is 21.3 Å². The second kappa shape index (κ2) is 16.5. The molecule has 0 aromatic carbocycles. The first kappa shape index (κ1) is 30.9. The first-order chi connectivity index (χ1) is 15.8. The summed E-state index contributed by atoms with van der Waals surface area (Å²) in [5.41, 5.74) is 0. The summed E-state index contributed by atoms with van der Waals surface area (Å²) in [4.78, 5) is 81.3. The van der Waals surface area contributed by atoms with E-state index < -0.39 is 18.1 Å². The van der Waals surface area contributed by atoms with E-state index in [0.29, 0.717) is 25.8 Å². The van der Waals surface area contributed by atoms with E-state index in [4.69, 9.17) is 0 Å². The molecule has 0 radical (unpaired) electrons. The van der Waals surface area contributed by atoms with E-state index in [9.17, 15) is 33.6 Å². The molecule has 0 saturated carbocycles. The van der Waals surface area contributed by atoms with Crippen LogP contribution < -0.4 is 21.3 Å². The number of amides is 4. The van der Waals surface area contributed by atoms with Crippen molar-refractivity contribution in [1.82, 2.24) is 21.3 Å². The maximum atomic E-state index is 12.2. The Kier molecular flexibility index (Phi) is 15.0. The van der Waals surface area contributed by atoms with Gasteiger partial charge in [-0.25, -0.2) is 0 Å². The number of hydrogen-bond donors (Lipinski definition) is 4. The van der Waals surface area contributed by atoms with Crippen molar-refractivity contribution in [2.75, 3.05) is 6.54 Å². The fourth-order valence-electron chi connectivity index (χ4n) is 3.23. The van der Waals surface area contributed by atoms with Gasteiger partial charge in [-0.1, -0.05) is 0 Å². The van der Waals surface area contributed by atoms with Crippen LogP contribution in [-0.2, 0) is 33.6 Å². The van der Waals surface area contributed by atoms with E-state index in [1.807, 2.05) is 0 Å². The molecule has 34 heavy (non-hydrogen) atoms. The highest BCUT2D eigenvalue weighted by Crippen LogP contribution is 2.05. The molecule has 3 atom stereocenters. The van der Waals surface area contributed by atoms with Crippen molar-refractivity contribution in [1.29, 1.82) is 0 Å². The van der Waals surface area contributed by atoms with Crippen LogP contribution in [0.25, 0.3) is 0 Å². The maximum absolute atomic E-state index is 12.2. The molecule has 0 fully saturated rings. The Balaban J connectivity index is 4.32. The Morgan fingerprint density at radius 1 is 0.529 bits per heavy atom. The molecule has 11 nitrogen and oxygen atoms in total. The van der Waals surface area contributed by atoms with Crippen LogP contribution in [0.3, 0.4) is 0 Å². The number of rotatable bonds is 17. The number of carbonyl (C=O) groups excluding carboxylic acids is 7. The molecule has 4 N–H and O–H groups in total. The third kappa shape index (κ3) is 14.9. The fourth-order valence-corrected chi connectivity index (χ4v) is 3.23. The van der Waals surface area contributed by atoms with Gasteiger partial charge in [0.1, 0.15) is 0 Å². The van der Waals surface area contributed by atoms with Gasteiger partial charge in [-0.3, -0.25) is 33.6 Å². The van der Waals surface area contributed by atoms with Crippen LogP contribution >= 0.6 is 0 Å². The topological polar surface area (TPSA) is 168 Å². The number of carbonyl (C=O) groups is 7. The fraction of sp³-hybridized carbons (Fsp3) is 0.696. The van der Waals surface area contributed by atoms with Crippen LogP contribution in [0.5, 0.6) is 0 Å². The van der Waals surface area contributed by atoms with Gasteiger partial charge in [0.25, 0.3) is 0 Å². The molecule has 3 unspecified atom stereocenters. The molecular weight excluding hydrogens is 444 g/mol. The van der Waals surface area contributed by atoms with Gasteiger partial charge in [0, 0.05) is 33.2 Å². The van der Waals surface area contributed by atoms with Gasteiger partial charge in [0.2, 0.25) is 23.6 Å². The summed E-state index contributed by atoms with van der Waals surface area (Å²) in [6, 6.07) is -2.10. The summed E-state index contributed by atoms with van der Waals surface area (Å²) >= 11 is 0. The summed E-state index contributed by atoms with van der Waals surface area (Å²) < 4.78 is 0. The predicted molar refractivity (Wildman–Crippen MR) is 125 cm³/mol. The molecular formula is C23H38N4O7. The Morgan fingerprint density at radius 2 is 0.941 bits per heavy atom. The van der Waals surface area contributed by atoms with Crippen LogP contribution in [-0.4, -0.2) is 65.6 Å². The van der Waals surface area contributed by atoms with Crippen LogP contribution in [0.15, 0.2) is 0 Å². The van der Waals surface area contributed by atoms with E-state index in [-0.39, 0.29) is 66.7 Å². The zero-order valence-corrected chi connectivity index (χ0v) is 20.7. The van der Waals surface area contributed by atoms with Gasteiger partial charge in [-0.2, -0.15) is 0 Å². The lowest BCUT2D eigenvalue weighted by Gasteiger charge is -2.18. The van der Waals surface area contributed by atoms with Crippen molar-refractivity contribution >= 4 is 41.0 Å². The monoisotopic (exact) mass is 482 g/mol. The molecule has 0 spiro atoms. The minimum atomic E-state index is -0.744. The lowest BCUT2D eigenvalue weighted by molar-refractivity contribution is -0.128. The summed E-state index contributed by atoms with van der Waals surface area (Å²) in [5.74, 6) is -1.99. The minimum Gasteiger partial charge on any atom is -0.356 e. The summed E-state index contributed by atoms with van der Waals surface area (Å²) in [6.07, 6.45) is 2.00. The molecule has 192 valence electrons. The molecule has 0 saturated heterocycles. The zero-order chi connectivity index (χ0) is 26.3. The third-order valence-corrected chi connectivity index (χ3v) is 5.12. The quantitative estimate of drug-likeness (QED) is 0.213. The first-order valence-corrected chi connectivity index (χ1v) is 11.4. The Morgan fingerprint density at radius 3 is 1.35 bits per heavy atom. The molecule has 0 heterocycles. The number of unbranched alkanes of at least 4 members (excludes halogenated alkanes) is 1. The Hall–Kier alpha value is -3.11. The maximum Gasteiger partial charge on any atom is 0.220 e. The second-order valence-corrected chi connectivity index (χ2v) is 8.38. The number of hydrogen-bond acceptors (Lipinski definition) is 7. The largest absolute Gasteiger partial charge is 0.356 e. The highest BCUT2D eigenvalue weighted by atomic mass is 16.2. The lowest BCUT2D eigenvalue weighted by atomic mass is 10.0. The average molecular weight is 483 g/mol. The van der Waals surface area contributed by atoms with Gasteiger partial charge in [0.15, 0.2) is 17.3 Å². The van der Waals surface area contributed by atoms with Crippen LogP contribution in [0.1, 0.15) is 79.6 Å². The number of ketones is 3. The molecule has 4 amide bonds. The van der Waals surface area contributed by atoms with Crippen molar-refractivity contribution in [3.05, 3.63) is 0 Å². The van der Waals surface area contributed by atoms with E-state index in [1.54, 1.807) is 0 Å². The highest BCUT2D eigenvalue weighted by molar-refractivity contribution is 5.89. The zero-order valence-electron chi connectivity index (χ0n) is 20.7.